The van der Waals surface area contributed by atoms with Gasteiger partial charge in [-0.15, -0.1) is 0 Å². The maximum absolute atomic E-state index is 4.27. The van der Waals surface area contributed by atoms with Crippen molar-refractivity contribution in [2.45, 2.75) is 26.8 Å². The molecular weight excluding hydrogens is 136 g/mol. The highest BCUT2D eigenvalue weighted by molar-refractivity contribution is 5.61. The monoisotopic (exact) mass is 148 g/mol. The second-order valence-corrected chi connectivity index (χ2v) is 3.02. The second-order valence-electron chi connectivity index (χ2n) is 3.02. The minimum Gasteiger partial charge on any atom is -0.328 e. The lowest BCUT2D eigenvalue weighted by Gasteiger charge is -2.14. The highest BCUT2D eigenvalue weighted by Crippen LogP contribution is 2.20. The van der Waals surface area contributed by atoms with Gasteiger partial charge in [0.25, 0.3) is 0 Å². The standard InChI is InChI=1S/C9H12N2/c1-7-4-3-5-11-8(2)10-6-9(7)11/h4,6H,3,5H2,1-2H3. The number of allylic oxidation sites excluding steroid dienone is 2. The molecule has 0 spiro atoms. The number of nitrogens with zero attached hydrogens (tertiary/aromatic N) is 2. The second kappa shape index (κ2) is 2.22. The van der Waals surface area contributed by atoms with Gasteiger partial charge >= 0.3 is 0 Å². The van der Waals surface area contributed by atoms with Crippen LogP contribution in [0.1, 0.15) is 24.9 Å². The van der Waals surface area contributed by atoms with Crippen molar-refractivity contribution in [3.05, 3.63) is 23.8 Å². The number of hydrogen-bond donors (Lipinski definition) is 0. The number of fused-ring (bicyclic) bond motifs is 1. The van der Waals surface area contributed by atoms with Gasteiger partial charge in [-0.25, -0.2) is 4.98 Å². The first-order valence-corrected chi connectivity index (χ1v) is 3.98. The molecule has 0 bridgehead atoms. The lowest BCUT2D eigenvalue weighted by Crippen LogP contribution is -2.07. The fourth-order valence-electron chi connectivity index (χ4n) is 1.58. The van der Waals surface area contributed by atoms with Crippen molar-refractivity contribution < 1.29 is 0 Å². The zero-order chi connectivity index (χ0) is 7.84. The van der Waals surface area contributed by atoms with Crippen LogP contribution in [0, 0.1) is 6.92 Å². The third-order valence-corrected chi connectivity index (χ3v) is 2.26. The summed E-state index contributed by atoms with van der Waals surface area (Å²) in [6.07, 6.45) is 5.38. The molecule has 2 nitrogen and oxygen atoms in total. The Morgan fingerprint density at radius 3 is 3.00 bits per heavy atom. The molecule has 2 rings (SSSR count). The van der Waals surface area contributed by atoms with E-state index >= 15 is 0 Å². The number of aryl methyl sites for hydroxylation is 1. The smallest absolute Gasteiger partial charge is 0.105 e. The van der Waals surface area contributed by atoms with E-state index in [0.717, 1.165) is 18.8 Å². The van der Waals surface area contributed by atoms with Gasteiger partial charge < -0.3 is 4.57 Å². The molecule has 0 atom stereocenters. The number of aromatic nitrogens is 2. The van der Waals surface area contributed by atoms with Gasteiger partial charge in [0, 0.05) is 6.54 Å². The molecule has 2 heteroatoms. The summed E-state index contributed by atoms with van der Waals surface area (Å²) in [5, 5.41) is 0. The Morgan fingerprint density at radius 2 is 2.27 bits per heavy atom. The largest absolute Gasteiger partial charge is 0.328 e. The first-order valence-electron chi connectivity index (χ1n) is 3.98. The Bertz CT molecular complexity index is 307. The predicted molar refractivity (Wildman–Crippen MR) is 45.2 cm³/mol. The van der Waals surface area contributed by atoms with Crippen LogP contribution in [0.15, 0.2) is 12.3 Å². The van der Waals surface area contributed by atoms with E-state index in [2.05, 4.69) is 29.5 Å². The average Bonchev–Trinajstić information content (AvgIpc) is 2.35. The number of imidazole rings is 1. The Morgan fingerprint density at radius 1 is 1.45 bits per heavy atom. The van der Waals surface area contributed by atoms with E-state index in [9.17, 15) is 0 Å². The van der Waals surface area contributed by atoms with E-state index in [1.807, 2.05) is 6.20 Å². The topological polar surface area (TPSA) is 17.8 Å². The van der Waals surface area contributed by atoms with Crippen molar-refractivity contribution in [3.8, 4) is 0 Å². The minimum atomic E-state index is 1.10. The van der Waals surface area contributed by atoms with E-state index < -0.39 is 0 Å². The number of rotatable bonds is 0. The van der Waals surface area contributed by atoms with Crippen LogP contribution < -0.4 is 0 Å². The van der Waals surface area contributed by atoms with Crippen molar-refractivity contribution in [1.82, 2.24) is 9.55 Å². The van der Waals surface area contributed by atoms with E-state index in [0.29, 0.717) is 0 Å². The van der Waals surface area contributed by atoms with Crippen LogP contribution in [0.2, 0.25) is 0 Å². The summed E-state index contributed by atoms with van der Waals surface area (Å²) in [5.74, 6) is 1.13. The molecule has 1 aliphatic rings. The summed E-state index contributed by atoms with van der Waals surface area (Å²) in [7, 11) is 0. The molecule has 11 heavy (non-hydrogen) atoms. The lowest BCUT2D eigenvalue weighted by molar-refractivity contribution is 0.664. The quantitative estimate of drug-likeness (QED) is 0.550. The normalized spacial score (nSPS) is 16.0. The Kier molecular flexibility index (Phi) is 1.34. The highest BCUT2D eigenvalue weighted by atomic mass is 15.1. The highest BCUT2D eigenvalue weighted by Gasteiger charge is 2.10. The molecule has 0 fully saturated rings. The van der Waals surface area contributed by atoms with Crippen molar-refractivity contribution in [1.29, 1.82) is 0 Å². The van der Waals surface area contributed by atoms with Gasteiger partial charge in [-0.3, -0.25) is 0 Å². The lowest BCUT2D eigenvalue weighted by atomic mass is 10.1. The molecule has 58 valence electrons. The van der Waals surface area contributed by atoms with Gasteiger partial charge in [0.1, 0.15) is 5.82 Å². The molecule has 0 N–H and O–H groups in total. The van der Waals surface area contributed by atoms with Crippen LogP contribution in [-0.2, 0) is 6.54 Å². The summed E-state index contributed by atoms with van der Waals surface area (Å²) in [4.78, 5) is 4.27. The molecule has 1 aromatic rings. The van der Waals surface area contributed by atoms with Crippen molar-refractivity contribution in [2.75, 3.05) is 0 Å². The number of hydrogen-bond acceptors (Lipinski definition) is 1. The Hall–Kier alpha value is -1.05. The molecule has 0 unspecified atom stereocenters. The van der Waals surface area contributed by atoms with Crippen LogP contribution in [0.4, 0.5) is 0 Å². The van der Waals surface area contributed by atoms with Crippen LogP contribution in [0.3, 0.4) is 0 Å². The molecule has 0 saturated heterocycles. The first-order chi connectivity index (χ1) is 5.29. The molecule has 2 heterocycles. The first kappa shape index (κ1) is 6.65. The summed E-state index contributed by atoms with van der Waals surface area (Å²) >= 11 is 0. The van der Waals surface area contributed by atoms with Gasteiger partial charge in [-0.2, -0.15) is 0 Å². The maximum Gasteiger partial charge on any atom is 0.105 e. The molecule has 0 amide bonds. The van der Waals surface area contributed by atoms with Gasteiger partial charge in [-0.1, -0.05) is 6.08 Å². The van der Waals surface area contributed by atoms with Gasteiger partial charge in [0.05, 0.1) is 11.9 Å². The van der Waals surface area contributed by atoms with Crippen molar-refractivity contribution in [2.24, 2.45) is 0 Å². The van der Waals surface area contributed by atoms with Gasteiger partial charge in [0.15, 0.2) is 0 Å². The van der Waals surface area contributed by atoms with Crippen LogP contribution >= 0.6 is 0 Å². The van der Waals surface area contributed by atoms with E-state index in [1.54, 1.807) is 0 Å². The summed E-state index contributed by atoms with van der Waals surface area (Å²) in [6.45, 7) is 5.30. The Labute approximate surface area is 66.6 Å². The van der Waals surface area contributed by atoms with E-state index in [-0.39, 0.29) is 0 Å². The van der Waals surface area contributed by atoms with Crippen LogP contribution in [0.5, 0.6) is 0 Å². The minimum absolute atomic E-state index is 1.10. The third-order valence-electron chi connectivity index (χ3n) is 2.26. The summed E-state index contributed by atoms with van der Waals surface area (Å²) in [6, 6.07) is 0. The zero-order valence-electron chi connectivity index (χ0n) is 6.96. The van der Waals surface area contributed by atoms with Crippen LogP contribution in [-0.4, -0.2) is 9.55 Å². The zero-order valence-corrected chi connectivity index (χ0v) is 6.96. The summed E-state index contributed by atoms with van der Waals surface area (Å²) < 4.78 is 2.27. The fourth-order valence-corrected chi connectivity index (χ4v) is 1.58. The van der Waals surface area contributed by atoms with Crippen LogP contribution in [0.25, 0.3) is 5.57 Å². The molecule has 1 aliphatic heterocycles. The van der Waals surface area contributed by atoms with Gasteiger partial charge in [0.2, 0.25) is 0 Å². The predicted octanol–water partition coefficient (Wildman–Crippen LogP) is 2.00. The molecule has 0 radical (unpaired) electrons. The van der Waals surface area contributed by atoms with E-state index in [4.69, 9.17) is 0 Å². The van der Waals surface area contributed by atoms with E-state index in [1.165, 1.54) is 11.3 Å². The molecule has 0 saturated carbocycles. The summed E-state index contributed by atoms with van der Waals surface area (Å²) in [5.41, 5.74) is 2.64. The van der Waals surface area contributed by atoms with Gasteiger partial charge in [-0.05, 0) is 25.8 Å². The van der Waals surface area contributed by atoms with Crippen molar-refractivity contribution >= 4 is 5.57 Å². The molecular formula is C9H12N2. The molecule has 0 aromatic carbocycles. The third kappa shape index (κ3) is 0.897. The molecule has 0 aliphatic carbocycles. The molecule has 1 aromatic heterocycles. The average molecular weight is 148 g/mol. The Balaban J connectivity index is 2.58. The SMILES string of the molecule is CC1=CCCn2c1cnc2C. The maximum atomic E-state index is 4.27. The van der Waals surface area contributed by atoms with Crippen molar-refractivity contribution in [3.63, 3.8) is 0 Å². The fraction of sp³-hybridized carbons (Fsp3) is 0.444.